The van der Waals surface area contributed by atoms with E-state index in [1.807, 2.05) is 11.3 Å². The molecule has 0 saturated carbocycles. The Bertz CT molecular complexity index is 435. The molecule has 1 aromatic heterocycles. The molecule has 0 radical (unpaired) electrons. The molecule has 1 fully saturated rings. The summed E-state index contributed by atoms with van der Waals surface area (Å²) in [7, 11) is 2.23. The lowest BCUT2D eigenvalue weighted by Gasteiger charge is -2.41. The van der Waals surface area contributed by atoms with Crippen molar-refractivity contribution in [2.24, 2.45) is 0 Å². The SMILES string of the molecule is CC(C)NC1(c2nc3c(s2)CCCC3)CCN(C)CC1. The van der Waals surface area contributed by atoms with Crippen molar-refractivity contribution in [1.82, 2.24) is 15.2 Å². The lowest BCUT2D eigenvalue weighted by atomic mass is 9.87. The van der Waals surface area contributed by atoms with Crippen molar-refractivity contribution < 1.29 is 0 Å². The lowest BCUT2D eigenvalue weighted by molar-refractivity contribution is 0.147. The van der Waals surface area contributed by atoms with E-state index in [9.17, 15) is 0 Å². The molecule has 2 heterocycles. The summed E-state index contributed by atoms with van der Waals surface area (Å²) in [5, 5.41) is 5.23. The fraction of sp³-hybridized carbons (Fsp3) is 0.812. The molecule has 0 aromatic carbocycles. The summed E-state index contributed by atoms with van der Waals surface area (Å²) in [6, 6.07) is 0.513. The average molecular weight is 293 g/mol. The highest BCUT2D eigenvalue weighted by molar-refractivity contribution is 7.11. The molecule has 1 aliphatic carbocycles. The van der Waals surface area contributed by atoms with E-state index in [-0.39, 0.29) is 5.54 Å². The highest BCUT2D eigenvalue weighted by atomic mass is 32.1. The van der Waals surface area contributed by atoms with Gasteiger partial charge < -0.3 is 10.2 Å². The molecule has 3 rings (SSSR count). The van der Waals surface area contributed by atoms with Gasteiger partial charge in [0, 0.05) is 24.0 Å². The standard InChI is InChI=1S/C16H27N3S/c1-12(2)18-16(8-10-19(3)11-9-16)15-17-13-6-4-5-7-14(13)20-15/h12,18H,4-11H2,1-3H3. The Morgan fingerprint density at radius 3 is 2.55 bits per heavy atom. The third kappa shape index (κ3) is 2.78. The number of hydrogen-bond donors (Lipinski definition) is 1. The van der Waals surface area contributed by atoms with Gasteiger partial charge in [0.2, 0.25) is 0 Å². The van der Waals surface area contributed by atoms with E-state index in [1.54, 1.807) is 4.88 Å². The Hall–Kier alpha value is -0.450. The van der Waals surface area contributed by atoms with Gasteiger partial charge in [-0.2, -0.15) is 0 Å². The summed E-state index contributed by atoms with van der Waals surface area (Å²) in [6.45, 7) is 6.86. The van der Waals surface area contributed by atoms with Crippen LogP contribution in [0.15, 0.2) is 0 Å². The monoisotopic (exact) mass is 293 g/mol. The number of fused-ring (bicyclic) bond motifs is 1. The topological polar surface area (TPSA) is 28.2 Å². The molecular formula is C16H27N3S. The number of rotatable bonds is 3. The second-order valence-corrected chi connectivity index (χ2v) is 7.86. The molecule has 2 aliphatic rings. The summed E-state index contributed by atoms with van der Waals surface area (Å²) < 4.78 is 0. The predicted octanol–water partition coefficient (Wildman–Crippen LogP) is 2.94. The molecule has 0 bridgehead atoms. The van der Waals surface area contributed by atoms with Crippen LogP contribution in [0, 0.1) is 0 Å². The Morgan fingerprint density at radius 1 is 1.20 bits per heavy atom. The third-order valence-corrected chi connectivity index (χ3v) is 6.02. The van der Waals surface area contributed by atoms with Gasteiger partial charge in [-0.1, -0.05) is 0 Å². The van der Waals surface area contributed by atoms with Gasteiger partial charge in [-0.05, 0) is 59.4 Å². The number of aromatic nitrogens is 1. The molecule has 4 heteroatoms. The Labute approximate surface area is 126 Å². The normalized spacial score (nSPS) is 23.0. The van der Waals surface area contributed by atoms with Crippen LogP contribution < -0.4 is 5.32 Å². The number of thiazole rings is 1. The van der Waals surface area contributed by atoms with Crippen molar-refractivity contribution in [2.75, 3.05) is 20.1 Å². The molecule has 0 spiro atoms. The van der Waals surface area contributed by atoms with Crippen molar-refractivity contribution in [3.8, 4) is 0 Å². The van der Waals surface area contributed by atoms with Gasteiger partial charge in [-0.15, -0.1) is 11.3 Å². The number of nitrogens with zero attached hydrogens (tertiary/aromatic N) is 2. The first-order valence-electron chi connectivity index (χ1n) is 8.04. The summed E-state index contributed by atoms with van der Waals surface area (Å²) in [5.74, 6) is 0. The van der Waals surface area contributed by atoms with E-state index in [4.69, 9.17) is 4.98 Å². The Kier molecular flexibility index (Phi) is 4.16. The van der Waals surface area contributed by atoms with Crippen molar-refractivity contribution >= 4 is 11.3 Å². The molecule has 0 atom stereocenters. The molecule has 1 N–H and O–H groups in total. The Morgan fingerprint density at radius 2 is 1.90 bits per heavy atom. The van der Waals surface area contributed by atoms with Crippen LogP contribution in [0.25, 0.3) is 0 Å². The first-order chi connectivity index (χ1) is 9.59. The molecule has 20 heavy (non-hydrogen) atoms. The van der Waals surface area contributed by atoms with Gasteiger partial charge in [-0.3, -0.25) is 0 Å². The maximum Gasteiger partial charge on any atom is 0.113 e. The van der Waals surface area contributed by atoms with Gasteiger partial charge in [0.25, 0.3) is 0 Å². The van der Waals surface area contributed by atoms with Crippen LogP contribution in [0.4, 0.5) is 0 Å². The van der Waals surface area contributed by atoms with Gasteiger partial charge >= 0.3 is 0 Å². The van der Waals surface area contributed by atoms with E-state index in [0.29, 0.717) is 6.04 Å². The molecule has 3 nitrogen and oxygen atoms in total. The third-order valence-electron chi connectivity index (χ3n) is 4.66. The Balaban J connectivity index is 1.90. The number of aryl methyl sites for hydroxylation is 2. The maximum atomic E-state index is 5.06. The second kappa shape index (κ2) is 5.74. The van der Waals surface area contributed by atoms with E-state index < -0.39 is 0 Å². The number of nitrogens with one attached hydrogen (secondary N) is 1. The van der Waals surface area contributed by atoms with E-state index >= 15 is 0 Å². The fourth-order valence-corrected chi connectivity index (χ4v) is 4.89. The maximum absolute atomic E-state index is 5.06. The minimum absolute atomic E-state index is 0.128. The van der Waals surface area contributed by atoms with Crippen LogP contribution in [0.2, 0.25) is 0 Å². The van der Waals surface area contributed by atoms with E-state index in [1.165, 1.54) is 62.3 Å². The van der Waals surface area contributed by atoms with Crippen LogP contribution in [-0.4, -0.2) is 36.1 Å². The number of likely N-dealkylation sites (tertiary alicyclic amines) is 1. The zero-order valence-corrected chi connectivity index (χ0v) is 13.9. The van der Waals surface area contributed by atoms with E-state index in [0.717, 1.165) is 0 Å². The van der Waals surface area contributed by atoms with Gasteiger partial charge in [-0.25, -0.2) is 4.98 Å². The molecule has 1 aliphatic heterocycles. The van der Waals surface area contributed by atoms with Crippen molar-refractivity contribution in [3.63, 3.8) is 0 Å². The predicted molar refractivity (Wildman–Crippen MR) is 85.4 cm³/mol. The number of piperidine rings is 1. The van der Waals surface area contributed by atoms with Gasteiger partial charge in [0.15, 0.2) is 0 Å². The molecule has 0 amide bonds. The fourth-order valence-electron chi connectivity index (χ4n) is 3.53. The lowest BCUT2D eigenvalue weighted by Crippen LogP contribution is -2.52. The second-order valence-electron chi connectivity index (χ2n) is 6.78. The molecule has 0 unspecified atom stereocenters. The minimum Gasteiger partial charge on any atom is -0.306 e. The zero-order valence-electron chi connectivity index (χ0n) is 13.0. The van der Waals surface area contributed by atoms with Crippen LogP contribution in [0.5, 0.6) is 0 Å². The smallest absolute Gasteiger partial charge is 0.113 e. The molecular weight excluding hydrogens is 266 g/mol. The van der Waals surface area contributed by atoms with E-state index in [2.05, 4.69) is 31.1 Å². The minimum atomic E-state index is 0.128. The summed E-state index contributed by atoms with van der Waals surface area (Å²) in [5.41, 5.74) is 1.53. The largest absolute Gasteiger partial charge is 0.306 e. The highest BCUT2D eigenvalue weighted by Gasteiger charge is 2.39. The summed E-state index contributed by atoms with van der Waals surface area (Å²) in [4.78, 5) is 9.07. The van der Waals surface area contributed by atoms with Crippen LogP contribution in [0.1, 0.15) is 55.1 Å². The van der Waals surface area contributed by atoms with Crippen LogP contribution >= 0.6 is 11.3 Å². The van der Waals surface area contributed by atoms with Crippen molar-refractivity contribution in [1.29, 1.82) is 0 Å². The van der Waals surface area contributed by atoms with Crippen molar-refractivity contribution in [2.45, 2.75) is 64.0 Å². The van der Waals surface area contributed by atoms with Crippen LogP contribution in [-0.2, 0) is 18.4 Å². The zero-order chi connectivity index (χ0) is 14.2. The first-order valence-corrected chi connectivity index (χ1v) is 8.86. The average Bonchev–Trinajstić information content (AvgIpc) is 2.85. The first kappa shape index (κ1) is 14.5. The molecule has 1 aromatic rings. The molecule has 1 saturated heterocycles. The summed E-state index contributed by atoms with van der Waals surface area (Å²) >= 11 is 1.99. The summed E-state index contributed by atoms with van der Waals surface area (Å²) in [6.07, 6.45) is 7.50. The quantitative estimate of drug-likeness (QED) is 0.929. The van der Waals surface area contributed by atoms with Gasteiger partial charge in [0.1, 0.15) is 5.01 Å². The van der Waals surface area contributed by atoms with Crippen LogP contribution in [0.3, 0.4) is 0 Å². The number of hydrogen-bond acceptors (Lipinski definition) is 4. The van der Waals surface area contributed by atoms with Gasteiger partial charge in [0.05, 0.1) is 11.2 Å². The highest BCUT2D eigenvalue weighted by Crippen LogP contribution is 2.38. The molecule has 112 valence electrons. The van der Waals surface area contributed by atoms with Crippen molar-refractivity contribution in [3.05, 3.63) is 15.6 Å².